The minimum atomic E-state index is -0.681. The monoisotopic (exact) mass is 469 g/mol. The summed E-state index contributed by atoms with van der Waals surface area (Å²) < 4.78 is 24.6. The SMILES string of the molecule is CCc1nnc([C@H]2C(=N)S/C(=C\c3ccc(OCc4cccc(F)c4)c(OC)c3)C2=O)s1. The minimum Gasteiger partial charge on any atom is -0.493 e. The minimum absolute atomic E-state index is 0.149. The summed E-state index contributed by atoms with van der Waals surface area (Å²) in [6.07, 6.45) is 2.48. The van der Waals surface area contributed by atoms with Crippen molar-refractivity contribution < 1.29 is 18.7 Å². The van der Waals surface area contributed by atoms with Gasteiger partial charge in [-0.1, -0.05) is 36.9 Å². The number of nitrogens with one attached hydrogen (secondary N) is 1. The van der Waals surface area contributed by atoms with Crippen LogP contribution >= 0.6 is 23.1 Å². The van der Waals surface area contributed by atoms with Crippen molar-refractivity contribution in [3.8, 4) is 11.5 Å². The average Bonchev–Trinajstić information content (AvgIpc) is 3.36. The fourth-order valence-electron chi connectivity index (χ4n) is 3.17. The third-order valence-corrected chi connectivity index (χ3v) is 6.91. The normalized spacial score (nSPS) is 17.2. The third-order valence-electron chi connectivity index (χ3n) is 4.79. The van der Waals surface area contributed by atoms with Crippen LogP contribution < -0.4 is 9.47 Å². The molecular weight excluding hydrogens is 449 g/mol. The van der Waals surface area contributed by atoms with Crippen LogP contribution in [0.15, 0.2) is 47.4 Å². The van der Waals surface area contributed by atoms with E-state index in [4.69, 9.17) is 14.9 Å². The fraction of sp³-hybridized carbons (Fsp3) is 0.217. The Labute approximate surface area is 193 Å². The zero-order valence-corrected chi connectivity index (χ0v) is 19.1. The molecule has 0 saturated carbocycles. The molecule has 2 heterocycles. The second kappa shape index (κ2) is 9.62. The maximum atomic E-state index is 13.4. The molecule has 1 N–H and O–H groups in total. The average molecular weight is 470 g/mol. The molecule has 1 aromatic heterocycles. The van der Waals surface area contributed by atoms with Crippen LogP contribution in [-0.4, -0.2) is 28.1 Å². The van der Waals surface area contributed by atoms with E-state index in [2.05, 4.69) is 10.2 Å². The highest BCUT2D eigenvalue weighted by Gasteiger charge is 2.39. The van der Waals surface area contributed by atoms with E-state index in [1.807, 2.05) is 6.92 Å². The van der Waals surface area contributed by atoms with Gasteiger partial charge >= 0.3 is 0 Å². The standard InChI is InChI=1S/C23H20FN3O3S2/c1-3-19-26-27-23(32-19)20-21(28)18(31-22(20)25)11-13-7-8-16(17(10-13)29-2)30-12-14-5-4-6-15(24)9-14/h4-11,20,25H,3,12H2,1-2H3/b18-11-,25-22?/t20-/m1/s1. The first-order chi connectivity index (χ1) is 15.5. The Bertz CT molecular complexity index is 1210. The van der Waals surface area contributed by atoms with Crippen molar-refractivity contribution in [2.45, 2.75) is 25.9 Å². The van der Waals surface area contributed by atoms with Gasteiger partial charge in [-0.3, -0.25) is 10.2 Å². The molecule has 0 aliphatic carbocycles. The smallest absolute Gasteiger partial charge is 0.186 e. The summed E-state index contributed by atoms with van der Waals surface area (Å²) in [6, 6.07) is 11.5. The third kappa shape index (κ3) is 4.73. The first-order valence-corrected chi connectivity index (χ1v) is 11.5. The Balaban J connectivity index is 1.52. The van der Waals surface area contributed by atoms with Gasteiger partial charge in [0.1, 0.15) is 28.4 Å². The molecule has 0 radical (unpaired) electrons. The first-order valence-electron chi connectivity index (χ1n) is 9.88. The molecule has 164 valence electrons. The number of halogens is 1. The molecule has 3 aromatic rings. The van der Waals surface area contributed by atoms with Gasteiger partial charge in [0, 0.05) is 0 Å². The zero-order chi connectivity index (χ0) is 22.7. The molecule has 0 amide bonds. The number of allylic oxidation sites excluding steroid dienone is 1. The molecule has 9 heteroatoms. The van der Waals surface area contributed by atoms with Crippen molar-refractivity contribution >= 4 is 40.0 Å². The number of Topliss-reactive ketones (excluding diaryl/α,β-unsaturated/α-hetero) is 1. The van der Waals surface area contributed by atoms with E-state index in [9.17, 15) is 9.18 Å². The van der Waals surface area contributed by atoms with Crippen molar-refractivity contribution in [3.63, 3.8) is 0 Å². The molecular formula is C23H20FN3O3S2. The van der Waals surface area contributed by atoms with Gasteiger partial charge in [-0.2, -0.15) is 0 Å². The number of aromatic nitrogens is 2. The molecule has 0 spiro atoms. The van der Waals surface area contributed by atoms with E-state index < -0.39 is 5.92 Å². The van der Waals surface area contributed by atoms with Gasteiger partial charge in [0.2, 0.25) is 0 Å². The quantitative estimate of drug-likeness (QED) is 0.476. The Morgan fingerprint density at radius 3 is 2.75 bits per heavy atom. The second-order valence-corrected chi connectivity index (χ2v) is 9.17. The van der Waals surface area contributed by atoms with Crippen LogP contribution in [0, 0.1) is 11.2 Å². The van der Waals surface area contributed by atoms with E-state index in [0.29, 0.717) is 27.0 Å². The molecule has 1 saturated heterocycles. The van der Waals surface area contributed by atoms with Gasteiger partial charge in [0.15, 0.2) is 17.3 Å². The summed E-state index contributed by atoms with van der Waals surface area (Å²) in [5, 5.41) is 18.1. The number of ketones is 1. The number of ether oxygens (including phenoxy) is 2. The predicted molar refractivity (Wildman–Crippen MR) is 124 cm³/mol. The molecule has 32 heavy (non-hydrogen) atoms. The number of thioether (sulfide) groups is 1. The topological polar surface area (TPSA) is 85.2 Å². The van der Waals surface area contributed by atoms with E-state index in [1.165, 1.54) is 30.6 Å². The summed E-state index contributed by atoms with van der Waals surface area (Å²) in [4.78, 5) is 13.4. The molecule has 1 fully saturated rings. The highest BCUT2D eigenvalue weighted by atomic mass is 32.2. The second-order valence-electron chi connectivity index (χ2n) is 6.99. The molecule has 1 aliphatic heterocycles. The number of rotatable bonds is 7. The highest BCUT2D eigenvalue weighted by molar-refractivity contribution is 8.19. The van der Waals surface area contributed by atoms with E-state index in [0.717, 1.165) is 28.8 Å². The lowest BCUT2D eigenvalue weighted by Crippen LogP contribution is -2.11. The van der Waals surface area contributed by atoms with Crippen LogP contribution in [0.1, 0.15) is 34.0 Å². The number of methoxy groups -OCH3 is 1. The van der Waals surface area contributed by atoms with E-state index in [1.54, 1.807) is 36.4 Å². The number of hydrogen-bond acceptors (Lipinski definition) is 8. The Morgan fingerprint density at radius 2 is 2.03 bits per heavy atom. The van der Waals surface area contributed by atoms with Crippen LogP contribution in [-0.2, 0) is 17.8 Å². The first kappa shape index (κ1) is 22.2. The van der Waals surface area contributed by atoms with Gasteiger partial charge in [-0.15, -0.1) is 21.5 Å². The Kier molecular flexibility index (Phi) is 6.66. The number of carbonyl (C=O) groups is 1. The summed E-state index contributed by atoms with van der Waals surface area (Å²) in [5.74, 6) is -0.142. The van der Waals surface area contributed by atoms with Crippen molar-refractivity contribution in [1.82, 2.24) is 10.2 Å². The number of carbonyl (C=O) groups excluding carboxylic acids is 1. The van der Waals surface area contributed by atoms with Gasteiger partial charge in [0.05, 0.1) is 17.1 Å². The van der Waals surface area contributed by atoms with Crippen molar-refractivity contribution in [3.05, 3.63) is 74.3 Å². The molecule has 2 aromatic carbocycles. The lowest BCUT2D eigenvalue weighted by atomic mass is 10.1. The maximum Gasteiger partial charge on any atom is 0.186 e. The van der Waals surface area contributed by atoms with E-state index in [-0.39, 0.29) is 23.3 Å². The molecule has 1 aliphatic rings. The zero-order valence-electron chi connectivity index (χ0n) is 17.4. The lowest BCUT2D eigenvalue weighted by molar-refractivity contribution is -0.114. The Hall–Kier alpha value is -3.04. The van der Waals surface area contributed by atoms with Crippen molar-refractivity contribution in [2.24, 2.45) is 0 Å². The fourth-order valence-corrected chi connectivity index (χ4v) is 5.13. The van der Waals surface area contributed by atoms with Crippen LogP contribution in [0.3, 0.4) is 0 Å². The van der Waals surface area contributed by atoms with Gasteiger partial charge < -0.3 is 9.47 Å². The van der Waals surface area contributed by atoms with Crippen LogP contribution in [0.4, 0.5) is 4.39 Å². The summed E-state index contributed by atoms with van der Waals surface area (Å²) in [5.41, 5.74) is 1.45. The molecule has 0 bridgehead atoms. The lowest BCUT2D eigenvalue weighted by Gasteiger charge is -2.11. The number of aryl methyl sites for hydroxylation is 1. The predicted octanol–water partition coefficient (Wildman–Crippen LogP) is 5.25. The van der Waals surface area contributed by atoms with Crippen LogP contribution in [0.25, 0.3) is 6.08 Å². The number of nitrogens with zero attached hydrogens (tertiary/aromatic N) is 2. The molecule has 1 atom stereocenters. The van der Waals surface area contributed by atoms with Gasteiger partial charge in [-0.05, 0) is 47.9 Å². The number of benzene rings is 2. The summed E-state index contributed by atoms with van der Waals surface area (Å²) >= 11 is 2.52. The molecule has 6 nitrogen and oxygen atoms in total. The van der Waals surface area contributed by atoms with Crippen LogP contribution in [0.2, 0.25) is 0 Å². The molecule has 0 unspecified atom stereocenters. The maximum absolute atomic E-state index is 13.4. The summed E-state index contributed by atoms with van der Waals surface area (Å²) in [7, 11) is 1.53. The van der Waals surface area contributed by atoms with Gasteiger partial charge in [-0.25, -0.2) is 4.39 Å². The van der Waals surface area contributed by atoms with Gasteiger partial charge in [0.25, 0.3) is 0 Å². The largest absolute Gasteiger partial charge is 0.493 e. The summed E-state index contributed by atoms with van der Waals surface area (Å²) in [6.45, 7) is 2.17. The highest BCUT2D eigenvalue weighted by Crippen LogP contribution is 2.42. The van der Waals surface area contributed by atoms with Crippen LogP contribution in [0.5, 0.6) is 11.5 Å². The Morgan fingerprint density at radius 1 is 1.19 bits per heavy atom. The molecule has 4 rings (SSSR count). The number of hydrogen-bond donors (Lipinski definition) is 1. The van der Waals surface area contributed by atoms with E-state index >= 15 is 0 Å². The van der Waals surface area contributed by atoms with Crippen molar-refractivity contribution in [2.75, 3.05) is 7.11 Å². The van der Waals surface area contributed by atoms with Crippen molar-refractivity contribution in [1.29, 1.82) is 5.41 Å².